The number of likely N-dealkylation sites (N-methyl/N-ethyl adjacent to an activating group) is 1. The van der Waals surface area contributed by atoms with Gasteiger partial charge in [0, 0.05) is 42.8 Å². The zero-order chi connectivity index (χ0) is 22.5. The van der Waals surface area contributed by atoms with Gasteiger partial charge in [0.25, 0.3) is 11.8 Å². The van der Waals surface area contributed by atoms with Crippen LogP contribution in [0.3, 0.4) is 0 Å². The van der Waals surface area contributed by atoms with E-state index in [1.165, 1.54) is 17.5 Å². The molecule has 2 amide bonds. The number of carbonyl (C=O) groups is 2. The van der Waals surface area contributed by atoms with Gasteiger partial charge in [0.1, 0.15) is 5.69 Å². The van der Waals surface area contributed by atoms with Crippen LogP contribution in [0, 0.1) is 5.92 Å². The predicted molar refractivity (Wildman–Crippen MR) is 125 cm³/mol. The van der Waals surface area contributed by atoms with E-state index in [1.807, 2.05) is 35.1 Å². The number of aromatic nitrogens is 4. The zero-order valence-corrected chi connectivity index (χ0v) is 18.3. The summed E-state index contributed by atoms with van der Waals surface area (Å²) in [7, 11) is 1.52. The largest absolute Gasteiger partial charge is 0.346 e. The fraction of sp³-hybridized carbons (Fsp3) is 0.231. The number of amides is 2. The molecule has 7 heteroatoms. The van der Waals surface area contributed by atoms with Crippen molar-refractivity contribution in [3.05, 3.63) is 83.8 Å². The van der Waals surface area contributed by atoms with Gasteiger partial charge in [0.2, 0.25) is 0 Å². The van der Waals surface area contributed by atoms with E-state index in [9.17, 15) is 9.59 Å². The number of hydrogen-bond donors (Lipinski definition) is 0. The van der Waals surface area contributed by atoms with E-state index >= 15 is 0 Å². The molecule has 164 valence electrons. The van der Waals surface area contributed by atoms with Crippen LogP contribution in [0.4, 0.5) is 0 Å². The van der Waals surface area contributed by atoms with Gasteiger partial charge in [-0.05, 0) is 30.4 Å². The van der Waals surface area contributed by atoms with E-state index in [0.717, 1.165) is 35.9 Å². The number of benzene rings is 2. The minimum Gasteiger partial charge on any atom is -0.346 e. The molecule has 2 aromatic carbocycles. The highest BCUT2D eigenvalue weighted by Crippen LogP contribution is 2.38. The summed E-state index contributed by atoms with van der Waals surface area (Å²) in [6.07, 6.45) is 5.78. The first kappa shape index (κ1) is 19.7. The van der Waals surface area contributed by atoms with Crippen LogP contribution >= 0.6 is 0 Å². The van der Waals surface area contributed by atoms with Crippen LogP contribution in [0.25, 0.3) is 22.0 Å². The maximum absolute atomic E-state index is 13.2. The lowest BCUT2D eigenvalue weighted by Crippen LogP contribution is -2.26. The zero-order valence-electron chi connectivity index (χ0n) is 18.3. The fourth-order valence-electron chi connectivity index (χ4n) is 5.03. The van der Waals surface area contributed by atoms with Crippen LogP contribution in [-0.4, -0.2) is 43.3 Å². The molecule has 0 aliphatic carbocycles. The molecule has 33 heavy (non-hydrogen) atoms. The first-order chi connectivity index (χ1) is 16.1. The van der Waals surface area contributed by atoms with Crippen molar-refractivity contribution >= 4 is 33.9 Å². The molecule has 0 N–H and O–H groups in total. The number of imide groups is 1. The van der Waals surface area contributed by atoms with Gasteiger partial charge in [-0.15, -0.1) is 5.10 Å². The Morgan fingerprint density at radius 2 is 1.67 bits per heavy atom. The third kappa shape index (κ3) is 3.19. The summed E-state index contributed by atoms with van der Waals surface area (Å²) in [5.74, 6) is -0.337. The van der Waals surface area contributed by atoms with E-state index in [4.69, 9.17) is 0 Å². The maximum atomic E-state index is 13.2. The molecular weight excluding hydrogens is 414 g/mol. The minimum atomic E-state index is -0.334. The van der Waals surface area contributed by atoms with E-state index in [2.05, 4.69) is 45.2 Å². The molecule has 0 fully saturated rings. The van der Waals surface area contributed by atoms with Crippen molar-refractivity contribution < 1.29 is 9.59 Å². The van der Waals surface area contributed by atoms with Crippen LogP contribution in [0.1, 0.15) is 23.2 Å². The second kappa shape index (κ2) is 7.55. The molecular formula is C26H23N5O2. The minimum absolute atomic E-state index is 0.297. The van der Waals surface area contributed by atoms with Gasteiger partial charge < -0.3 is 4.57 Å². The second-order valence-electron chi connectivity index (χ2n) is 8.85. The molecule has 4 bridgehead atoms. The highest BCUT2D eigenvalue weighted by atomic mass is 16.2. The van der Waals surface area contributed by atoms with E-state index in [-0.39, 0.29) is 11.8 Å². The molecule has 4 heterocycles. The number of para-hydroxylation sites is 1. The highest BCUT2D eigenvalue weighted by molar-refractivity contribution is 6.49. The lowest BCUT2D eigenvalue weighted by Gasteiger charge is -2.18. The molecule has 7 nitrogen and oxygen atoms in total. The Morgan fingerprint density at radius 1 is 0.909 bits per heavy atom. The van der Waals surface area contributed by atoms with Crippen LogP contribution < -0.4 is 0 Å². The number of rotatable bonds is 3. The number of fused-ring (bicyclic) bond motifs is 9. The molecule has 1 unspecified atom stereocenters. The Labute approximate surface area is 190 Å². The summed E-state index contributed by atoms with van der Waals surface area (Å²) < 4.78 is 4.03. The Morgan fingerprint density at radius 3 is 2.52 bits per heavy atom. The number of aryl methyl sites for hydroxylation is 1. The number of hydrogen-bond acceptors (Lipinski definition) is 4. The summed E-state index contributed by atoms with van der Waals surface area (Å²) in [6, 6.07) is 18.6. The van der Waals surface area contributed by atoms with Crippen LogP contribution in [0.5, 0.6) is 0 Å². The smallest absolute Gasteiger partial charge is 0.263 e. The molecule has 0 saturated heterocycles. The van der Waals surface area contributed by atoms with E-state index < -0.39 is 0 Å². The normalized spacial score (nSPS) is 18.1. The monoisotopic (exact) mass is 437 g/mol. The predicted octanol–water partition coefficient (Wildman–Crippen LogP) is 3.40. The van der Waals surface area contributed by atoms with Crippen LogP contribution in [-0.2, 0) is 29.1 Å². The number of carbonyl (C=O) groups excluding carboxylic acids is 2. The summed E-state index contributed by atoms with van der Waals surface area (Å²) in [4.78, 5) is 27.4. The molecule has 1 atom stereocenters. The quantitative estimate of drug-likeness (QED) is 0.461. The first-order valence-corrected chi connectivity index (χ1v) is 11.2. The van der Waals surface area contributed by atoms with Crippen molar-refractivity contribution in [2.75, 3.05) is 7.05 Å². The van der Waals surface area contributed by atoms with Gasteiger partial charge in [-0.2, -0.15) is 0 Å². The Hall–Kier alpha value is -4.00. The fourth-order valence-corrected chi connectivity index (χ4v) is 5.03. The average molecular weight is 438 g/mol. The third-order valence-electron chi connectivity index (χ3n) is 6.72. The standard InChI is InChI=1S/C26H23N5O2/c1-29-25(32)23-20-15-30(22-10-6-5-9-19(20)22)13-18(12-11-17-7-3-2-4-8-17)14-31-16-21(27-28-31)24(23)26(29)33/h2-10,15-16,18H,11-14H2,1H3. The third-order valence-corrected chi connectivity index (χ3v) is 6.72. The van der Waals surface area contributed by atoms with Gasteiger partial charge in [0.15, 0.2) is 0 Å². The van der Waals surface area contributed by atoms with Crippen molar-refractivity contribution in [1.29, 1.82) is 0 Å². The summed E-state index contributed by atoms with van der Waals surface area (Å²) in [5.41, 5.74) is 4.34. The van der Waals surface area contributed by atoms with Crippen molar-refractivity contribution in [1.82, 2.24) is 24.5 Å². The number of nitrogens with zero attached hydrogens (tertiary/aromatic N) is 5. The SMILES string of the molecule is CN1C(=O)C2=C(C1=O)c1cn(c3ccccc13)CC(CCc1ccccc1)Cn1cc2nn1. The summed E-state index contributed by atoms with van der Waals surface area (Å²) in [6.45, 7) is 1.46. The van der Waals surface area contributed by atoms with Crippen molar-refractivity contribution in [2.45, 2.75) is 25.9 Å². The topological polar surface area (TPSA) is 73.0 Å². The molecule has 0 spiro atoms. The van der Waals surface area contributed by atoms with Crippen LogP contribution in [0.2, 0.25) is 0 Å². The lowest BCUT2D eigenvalue weighted by atomic mass is 9.98. The van der Waals surface area contributed by atoms with Gasteiger partial charge in [0.05, 0.1) is 17.3 Å². The molecule has 2 aliphatic rings. The van der Waals surface area contributed by atoms with Gasteiger partial charge >= 0.3 is 0 Å². The van der Waals surface area contributed by atoms with Gasteiger partial charge in [-0.25, -0.2) is 0 Å². The van der Waals surface area contributed by atoms with E-state index in [0.29, 0.717) is 29.3 Å². The molecule has 2 aromatic heterocycles. The van der Waals surface area contributed by atoms with Crippen LogP contribution in [0.15, 0.2) is 67.0 Å². The van der Waals surface area contributed by atoms with Crippen molar-refractivity contribution in [2.24, 2.45) is 5.92 Å². The molecule has 4 aromatic rings. The van der Waals surface area contributed by atoms with Crippen molar-refractivity contribution in [3.63, 3.8) is 0 Å². The highest BCUT2D eigenvalue weighted by Gasteiger charge is 2.40. The first-order valence-electron chi connectivity index (χ1n) is 11.2. The molecule has 6 rings (SSSR count). The Balaban J connectivity index is 1.50. The molecule has 0 radical (unpaired) electrons. The van der Waals surface area contributed by atoms with Gasteiger partial charge in [-0.3, -0.25) is 19.2 Å². The molecule has 0 saturated carbocycles. The lowest BCUT2D eigenvalue weighted by molar-refractivity contribution is -0.134. The van der Waals surface area contributed by atoms with Crippen molar-refractivity contribution in [3.8, 4) is 0 Å². The molecule has 2 aliphatic heterocycles. The van der Waals surface area contributed by atoms with Gasteiger partial charge in [-0.1, -0.05) is 53.7 Å². The average Bonchev–Trinajstić information content (AvgIpc) is 3.49. The Bertz CT molecular complexity index is 1430. The second-order valence-corrected chi connectivity index (χ2v) is 8.85. The summed E-state index contributed by atoms with van der Waals surface area (Å²) >= 11 is 0. The maximum Gasteiger partial charge on any atom is 0.263 e. The summed E-state index contributed by atoms with van der Waals surface area (Å²) in [5, 5.41) is 9.58. The van der Waals surface area contributed by atoms with E-state index in [1.54, 1.807) is 6.20 Å². The Kier molecular flexibility index (Phi) is 4.50.